The summed E-state index contributed by atoms with van der Waals surface area (Å²) in [6.07, 6.45) is 0. The molecule has 0 radical (unpaired) electrons. The van der Waals surface area contributed by atoms with Crippen LogP contribution in [0.1, 0.15) is 5.56 Å². The second-order valence-electron chi connectivity index (χ2n) is 4.20. The number of aryl methyl sites for hydroxylation is 1. The van der Waals surface area contributed by atoms with Gasteiger partial charge in [-0.3, -0.25) is 10.1 Å². The van der Waals surface area contributed by atoms with E-state index in [4.69, 9.17) is 4.74 Å². The molecule has 0 unspecified atom stereocenters. The van der Waals surface area contributed by atoms with Crippen molar-refractivity contribution in [3.05, 3.63) is 57.9 Å². The maximum atomic E-state index is 13.7. The summed E-state index contributed by atoms with van der Waals surface area (Å²) in [5.74, 6) is -0.618. The van der Waals surface area contributed by atoms with E-state index in [0.29, 0.717) is 5.69 Å². The number of nitrogens with one attached hydrogen (secondary N) is 1. The Morgan fingerprint density at radius 3 is 2.65 bits per heavy atom. The fourth-order valence-electron chi connectivity index (χ4n) is 1.80. The van der Waals surface area contributed by atoms with Gasteiger partial charge in [-0.1, -0.05) is 12.1 Å². The molecule has 0 aliphatic heterocycles. The molecule has 0 fully saturated rings. The minimum Gasteiger partial charge on any atom is -0.447 e. The van der Waals surface area contributed by atoms with Gasteiger partial charge in [0, 0.05) is 7.05 Å². The molecule has 0 heterocycles. The third kappa shape index (κ3) is 2.69. The molecule has 1 N–H and O–H groups in total. The number of benzene rings is 2. The van der Waals surface area contributed by atoms with Crippen LogP contribution in [0.3, 0.4) is 0 Å². The van der Waals surface area contributed by atoms with Crippen molar-refractivity contribution in [1.82, 2.24) is 0 Å². The fraction of sp³-hybridized carbons (Fsp3) is 0.143. The van der Waals surface area contributed by atoms with Crippen molar-refractivity contribution >= 4 is 11.4 Å². The molecule has 0 aliphatic rings. The SMILES string of the molecule is CNc1cccc(Oc2cc(C)ccc2F)c1[N+](=O)[O-]. The minimum absolute atomic E-state index is 0.00801. The van der Waals surface area contributed by atoms with E-state index in [-0.39, 0.29) is 17.2 Å². The summed E-state index contributed by atoms with van der Waals surface area (Å²) >= 11 is 0. The molecule has 2 rings (SSSR count). The summed E-state index contributed by atoms with van der Waals surface area (Å²) in [7, 11) is 1.57. The Morgan fingerprint density at radius 2 is 2.00 bits per heavy atom. The first kappa shape index (κ1) is 13.8. The average molecular weight is 276 g/mol. The van der Waals surface area contributed by atoms with Gasteiger partial charge >= 0.3 is 5.69 Å². The quantitative estimate of drug-likeness (QED) is 0.680. The second kappa shape index (κ2) is 5.56. The largest absolute Gasteiger partial charge is 0.447 e. The van der Waals surface area contributed by atoms with E-state index in [2.05, 4.69) is 5.32 Å². The number of hydrogen-bond donors (Lipinski definition) is 1. The van der Waals surface area contributed by atoms with Crippen LogP contribution in [0, 0.1) is 22.9 Å². The van der Waals surface area contributed by atoms with Crippen LogP contribution in [0.15, 0.2) is 36.4 Å². The normalized spacial score (nSPS) is 10.2. The Morgan fingerprint density at radius 1 is 1.25 bits per heavy atom. The van der Waals surface area contributed by atoms with Crippen LogP contribution in [-0.4, -0.2) is 12.0 Å². The monoisotopic (exact) mass is 276 g/mol. The summed E-state index contributed by atoms with van der Waals surface area (Å²) in [5, 5.41) is 13.8. The smallest absolute Gasteiger partial charge is 0.334 e. The highest BCUT2D eigenvalue weighted by Gasteiger charge is 2.21. The molecule has 5 nitrogen and oxygen atoms in total. The highest BCUT2D eigenvalue weighted by molar-refractivity contribution is 5.68. The number of para-hydroxylation sites is 1. The van der Waals surface area contributed by atoms with E-state index < -0.39 is 10.7 Å². The van der Waals surface area contributed by atoms with Gasteiger partial charge in [-0.05, 0) is 36.8 Å². The predicted octanol–water partition coefficient (Wildman–Crippen LogP) is 3.88. The molecule has 0 aliphatic carbocycles. The lowest BCUT2D eigenvalue weighted by atomic mass is 10.2. The zero-order chi connectivity index (χ0) is 14.7. The van der Waals surface area contributed by atoms with Crippen LogP contribution in [0.25, 0.3) is 0 Å². The summed E-state index contributed by atoms with van der Waals surface area (Å²) < 4.78 is 19.0. The second-order valence-corrected chi connectivity index (χ2v) is 4.20. The van der Waals surface area contributed by atoms with Gasteiger partial charge in [0.25, 0.3) is 0 Å². The van der Waals surface area contributed by atoms with Crippen molar-refractivity contribution in [1.29, 1.82) is 0 Å². The Kier molecular flexibility index (Phi) is 3.84. The van der Waals surface area contributed by atoms with E-state index in [1.165, 1.54) is 18.2 Å². The first-order valence-corrected chi connectivity index (χ1v) is 5.92. The first-order valence-electron chi connectivity index (χ1n) is 5.92. The van der Waals surface area contributed by atoms with Crippen LogP contribution in [0.4, 0.5) is 15.8 Å². The number of nitro groups is 1. The molecule has 20 heavy (non-hydrogen) atoms. The molecule has 0 saturated heterocycles. The highest BCUT2D eigenvalue weighted by atomic mass is 19.1. The van der Waals surface area contributed by atoms with E-state index in [9.17, 15) is 14.5 Å². The summed E-state index contributed by atoms with van der Waals surface area (Å²) in [4.78, 5) is 10.6. The van der Waals surface area contributed by atoms with E-state index in [1.807, 2.05) is 0 Å². The van der Waals surface area contributed by atoms with Crippen LogP contribution < -0.4 is 10.1 Å². The van der Waals surface area contributed by atoms with Crippen molar-refractivity contribution in [2.45, 2.75) is 6.92 Å². The van der Waals surface area contributed by atoms with Gasteiger partial charge in [-0.2, -0.15) is 0 Å². The van der Waals surface area contributed by atoms with Crippen LogP contribution >= 0.6 is 0 Å². The van der Waals surface area contributed by atoms with E-state index >= 15 is 0 Å². The molecule has 104 valence electrons. The van der Waals surface area contributed by atoms with Gasteiger partial charge in [0.15, 0.2) is 11.6 Å². The third-order valence-electron chi connectivity index (χ3n) is 2.76. The van der Waals surface area contributed by atoms with Crippen molar-refractivity contribution in [3.8, 4) is 11.5 Å². The lowest BCUT2D eigenvalue weighted by Crippen LogP contribution is -1.99. The Balaban J connectivity index is 2.48. The molecule has 2 aromatic carbocycles. The highest BCUT2D eigenvalue weighted by Crippen LogP contribution is 2.37. The third-order valence-corrected chi connectivity index (χ3v) is 2.76. The molecule has 0 spiro atoms. The van der Waals surface area contributed by atoms with Crippen molar-refractivity contribution < 1.29 is 14.1 Å². The van der Waals surface area contributed by atoms with E-state index in [1.54, 1.807) is 32.2 Å². The molecule has 0 amide bonds. The Bertz CT molecular complexity index is 659. The van der Waals surface area contributed by atoms with Gasteiger partial charge in [0.2, 0.25) is 5.75 Å². The van der Waals surface area contributed by atoms with Gasteiger partial charge < -0.3 is 10.1 Å². The molecular weight excluding hydrogens is 263 g/mol. The number of hydrogen-bond acceptors (Lipinski definition) is 4. The number of nitro benzene ring substituents is 1. The molecule has 0 saturated carbocycles. The van der Waals surface area contributed by atoms with Crippen LogP contribution in [0.5, 0.6) is 11.5 Å². The van der Waals surface area contributed by atoms with Crippen molar-refractivity contribution in [3.63, 3.8) is 0 Å². The Labute approximate surface area is 115 Å². The van der Waals surface area contributed by atoms with Crippen LogP contribution in [0.2, 0.25) is 0 Å². The first-order chi connectivity index (χ1) is 9.52. The topological polar surface area (TPSA) is 64.4 Å². The van der Waals surface area contributed by atoms with Gasteiger partial charge in [0.1, 0.15) is 5.69 Å². The van der Waals surface area contributed by atoms with Crippen molar-refractivity contribution in [2.24, 2.45) is 0 Å². The zero-order valence-electron chi connectivity index (χ0n) is 11.0. The molecule has 6 heteroatoms. The number of halogens is 1. The lowest BCUT2D eigenvalue weighted by Gasteiger charge is -2.10. The number of rotatable bonds is 4. The van der Waals surface area contributed by atoms with Gasteiger partial charge in [-0.25, -0.2) is 4.39 Å². The molecule has 2 aromatic rings. The molecule has 0 aromatic heterocycles. The van der Waals surface area contributed by atoms with Gasteiger partial charge in [0.05, 0.1) is 4.92 Å². The Hall–Kier alpha value is -2.63. The van der Waals surface area contributed by atoms with Crippen LogP contribution in [-0.2, 0) is 0 Å². The lowest BCUT2D eigenvalue weighted by molar-refractivity contribution is -0.384. The maximum Gasteiger partial charge on any atom is 0.334 e. The van der Waals surface area contributed by atoms with E-state index in [0.717, 1.165) is 5.56 Å². The standard InChI is InChI=1S/C14H13FN2O3/c1-9-6-7-10(15)13(8-9)20-12-5-3-4-11(16-2)14(12)17(18)19/h3-8,16H,1-2H3. The summed E-state index contributed by atoms with van der Waals surface area (Å²) in [6, 6.07) is 8.93. The fourth-order valence-corrected chi connectivity index (χ4v) is 1.80. The number of nitrogens with zero attached hydrogens (tertiary/aromatic N) is 1. The summed E-state index contributed by atoms with van der Waals surface area (Å²) in [6.45, 7) is 1.78. The molecule has 0 atom stereocenters. The van der Waals surface area contributed by atoms with Gasteiger partial charge in [-0.15, -0.1) is 0 Å². The number of anilines is 1. The minimum atomic E-state index is -0.570. The molecular formula is C14H13FN2O3. The zero-order valence-corrected chi connectivity index (χ0v) is 11.0. The average Bonchev–Trinajstić information content (AvgIpc) is 2.42. The summed E-state index contributed by atoms with van der Waals surface area (Å²) in [5.41, 5.74) is 0.880. The predicted molar refractivity (Wildman–Crippen MR) is 73.9 cm³/mol. The van der Waals surface area contributed by atoms with Crippen molar-refractivity contribution in [2.75, 3.05) is 12.4 Å². The maximum absolute atomic E-state index is 13.7. The number of ether oxygens (including phenoxy) is 1. The molecule has 0 bridgehead atoms.